The van der Waals surface area contributed by atoms with E-state index in [-0.39, 0.29) is 0 Å². The summed E-state index contributed by atoms with van der Waals surface area (Å²) in [5.41, 5.74) is 18.6. The average molecular weight is 1210 g/mol. The van der Waals surface area contributed by atoms with Crippen molar-refractivity contribution in [2.45, 2.75) is 0 Å². The van der Waals surface area contributed by atoms with E-state index < -0.39 is 0 Å². The van der Waals surface area contributed by atoms with Crippen molar-refractivity contribution in [2.24, 2.45) is 0 Å². The number of hydrogen-bond acceptors (Lipinski definition) is 0. The Kier molecular flexibility index (Phi) is 11.3. The van der Waals surface area contributed by atoms with Gasteiger partial charge in [-0.15, -0.1) is 0 Å². The summed E-state index contributed by atoms with van der Waals surface area (Å²) < 4.78 is 5.25. The van der Waals surface area contributed by atoms with Gasteiger partial charge in [-0.05, 0) is 190 Å². The van der Waals surface area contributed by atoms with Gasteiger partial charge in [0.2, 0.25) is 0 Å². The number of nitrogens with zero attached hydrogens (tertiary/aromatic N) is 2. The van der Waals surface area contributed by atoms with Gasteiger partial charge < -0.3 is 9.13 Å². The first-order valence-corrected chi connectivity index (χ1v) is 33.4. The average Bonchev–Trinajstić information content (AvgIpc) is 0.822. The lowest BCUT2D eigenvalue weighted by Crippen LogP contribution is -2.00. The maximum Gasteiger partial charge on any atom is 0.0619 e. The van der Waals surface area contributed by atoms with Gasteiger partial charge in [-0.3, -0.25) is 0 Å². The Morgan fingerprint density at radius 1 is 0.156 bits per heavy atom. The van der Waals surface area contributed by atoms with Crippen molar-refractivity contribution in [3.05, 3.63) is 340 Å². The molecule has 96 heavy (non-hydrogen) atoms. The molecule has 2 heterocycles. The molecule has 19 aromatic carbocycles. The van der Waals surface area contributed by atoms with Gasteiger partial charge in [-0.2, -0.15) is 0 Å². The highest BCUT2D eigenvalue weighted by molar-refractivity contribution is 6.31. The van der Waals surface area contributed by atoms with E-state index in [1.165, 1.54) is 141 Å². The Balaban J connectivity index is 1.00. The Bertz CT molecular complexity index is 6330. The monoisotopic (exact) mass is 1210 g/mol. The van der Waals surface area contributed by atoms with Gasteiger partial charge in [0.1, 0.15) is 0 Å². The van der Waals surface area contributed by atoms with Crippen LogP contribution in [0, 0.1) is 0 Å². The molecule has 0 atom stereocenters. The van der Waals surface area contributed by atoms with Crippen molar-refractivity contribution >= 4 is 130 Å². The molecule has 0 amide bonds. The van der Waals surface area contributed by atoms with Crippen LogP contribution in [-0.2, 0) is 0 Å². The highest BCUT2D eigenvalue weighted by Gasteiger charge is 2.30. The first-order chi connectivity index (χ1) is 47.6. The first-order valence-electron chi connectivity index (χ1n) is 33.4. The molecule has 0 fully saturated rings. The van der Waals surface area contributed by atoms with Gasteiger partial charge in [0.25, 0.3) is 0 Å². The number of hydrogen-bond donors (Lipinski definition) is 0. The Morgan fingerprint density at radius 3 is 0.854 bits per heavy atom. The molecule has 0 spiro atoms. The zero-order valence-corrected chi connectivity index (χ0v) is 52.2. The van der Waals surface area contributed by atoms with Crippen molar-refractivity contribution in [1.29, 1.82) is 0 Å². The lowest BCUT2D eigenvalue weighted by Gasteiger charge is -2.21. The molecule has 0 unspecified atom stereocenters. The summed E-state index contributed by atoms with van der Waals surface area (Å²) >= 11 is 0. The largest absolute Gasteiger partial charge is 0.308 e. The molecule has 2 nitrogen and oxygen atoms in total. The van der Waals surface area contributed by atoms with Crippen LogP contribution in [0.5, 0.6) is 0 Å². The second kappa shape index (κ2) is 20.4. The van der Waals surface area contributed by atoms with E-state index in [1.54, 1.807) is 0 Å². The molecule has 21 rings (SSSR count). The fourth-order valence-corrected chi connectivity index (χ4v) is 17.0. The van der Waals surface area contributed by atoms with Gasteiger partial charge in [-0.1, -0.05) is 291 Å². The van der Waals surface area contributed by atoms with Crippen LogP contribution in [0.25, 0.3) is 208 Å². The predicted octanol–water partition coefficient (Wildman–Crippen LogP) is 26.0. The van der Waals surface area contributed by atoms with Crippen molar-refractivity contribution < 1.29 is 0 Å². The highest BCUT2D eigenvalue weighted by atomic mass is 15.0. The maximum atomic E-state index is 2.63. The summed E-state index contributed by atoms with van der Waals surface area (Å²) in [6, 6.07) is 129. The van der Waals surface area contributed by atoms with E-state index in [0.717, 1.165) is 67.2 Å². The number of fused-ring (bicyclic) bond motifs is 6. The minimum atomic E-state index is 1.14. The van der Waals surface area contributed by atoms with Gasteiger partial charge in [-0.25, -0.2) is 0 Å². The predicted molar refractivity (Wildman–Crippen MR) is 410 cm³/mol. The smallest absolute Gasteiger partial charge is 0.0619 e. The summed E-state index contributed by atoms with van der Waals surface area (Å²) in [5, 5.41) is 27.0. The van der Waals surface area contributed by atoms with Crippen molar-refractivity contribution in [3.63, 3.8) is 0 Å². The van der Waals surface area contributed by atoms with Gasteiger partial charge in [0.05, 0.1) is 33.8 Å². The van der Waals surface area contributed by atoms with Gasteiger partial charge >= 0.3 is 0 Å². The molecule has 2 heteroatoms. The number of benzene rings is 19. The summed E-state index contributed by atoms with van der Waals surface area (Å²) in [5.74, 6) is 0. The molecule has 21 aromatic rings. The van der Waals surface area contributed by atoms with E-state index in [2.05, 4.69) is 349 Å². The maximum absolute atomic E-state index is 2.63. The van der Waals surface area contributed by atoms with Crippen LogP contribution in [0.2, 0.25) is 0 Å². The lowest BCUT2D eigenvalue weighted by atomic mass is 9.83. The fourth-order valence-electron chi connectivity index (χ4n) is 17.0. The minimum absolute atomic E-state index is 1.14. The van der Waals surface area contributed by atoms with Crippen LogP contribution in [0.1, 0.15) is 0 Å². The van der Waals surface area contributed by atoms with E-state index >= 15 is 0 Å². The molecule has 0 N–H and O–H groups in total. The first kappa shape index (κ1) is 52.9. The van der Waals surface area contributed by atoms with Crippen molar-refractivity contribution in [1.82, 2.24) is 9.13 Å². The van der Waals surface area contributed by atoms with Crippen molar-refractivity contribution in [2.75, 3.05) is 0 Å². The fraction of sp³-hybridized carbons (Fsp3) is 0. The van der Waals surface area contributed by atoms with Crippen LogP contribution in [0.15, 0.2) is 340 Å². The van der Waals surface area contributed by atoms with Crippen LogP contribution in [0.4, 0.5) is 0 Å². The van der Waals surface area contributed by atoms with Crippen LogP contribution in [-0.4, -0.2) is 9.13 Å². The molecular weight excluding hydrogens is 1160 g/mol. The molecule has 0 bridgehead atoms. The van der Waals surface area contributed by atoms with Crippen molar-refractivity contribution in [3.8, 4) is 78.4 Å². The highest BCUT2D eigenvalue weighted by Crippen LogP contribution is 2.54. The third-order valence-corrected chi connectivity index (χ3v) is 21.1. The van der Waals surface area contributed by atoms with Crippen LogP contribution in [0.3, 0.4) is 0 Å². The summed E-state index contributed by atoms with van der Waals surface area (Å²) in [4.78, 5) is 0. The Morgan fingerprint density at radius 2 is 0.458 bits per heavy atom. The van der Waals surface area contributed by atoms with E-state index in [1.807, 2.05) is 0 Å². The normalized spacial score (nSPS) is 12.2. The second-order valence-corrected chi connectivity index (χ2v) is 26.2. The SMILES string of the molecule is c1ccc(-c2c(-c3ccccc3)n(-c3ccc4ccc5cccc6ccc3c4c56)c3cc4c(-c5ccc6ccccc6c5)c5cc6c(-c7ccccc7)c(-c7ccccc7)n(-c7ccc8ccc9cccc%10ccc7c8c9%10)c6cc5c(-c5ccc6ccccc6c5)c4cc23)cc1. The van der Waals surface area contributed by atoms with E-state index in [4.69, 9.17) is 0 Å². The molecule has 0 saturated heterocycles. The molecule has 442 valence electrons. The molecule has 0 aliphatic carbocycles. The van der Waals surface area contributed by atoms with E-state index in [0.29, 0.717) is 0 Å². The quantitative estimate of drug-likeness (QED) is 0.106. The number of rotatable bonds is 8. The summed E-state index contributed by atoms with van der Waals surface area (Å²) in [6.45, 7) is 0. The summed E-state index contributed by atoms with van der Waals surface area (Å²) in [6.07, 6.45) is 0. The lowest BCUT2D eigenvalue weighted by molar-refractivity contribution is 1.15. The molecule has 0 aliphatic rings. The molecular formula is C94H56N2. The third kappa shape index (κ3) is 7.70. The Hall–Kier alpha value is -12.6. The van der Waals surface area contributed by atoms with E-state index in [9.17, 15) is 0 Å². The molecule has 0 radical (unpaired) electrons. The zero-order chi connectivity index (χ0) is 62.7. The van der Waals surface area contributed by atoms with Gasteiger partial charge in [0.15, 0.2) is 0 Å². The number of aromatic nitrogens is 2. The second-order valence-electron chi connectivity index (χ2n) is 26.2. The minimum Gasteiger partial charge on any atom is -0.308 e. The van der Waals surface area contributed by atoms with Crippen LogP contribution < -0.4 is 0 Å². The Labute approximate surface area is 553 Å². The molecule has 2 aromatic heterocycles. The zero-order valence-electron chi connectivity index (χ0n) is 52.2. The standard InChI is InChI=1S/C94H56N2/c1-5-21-59(22-6-1)91-79-53-75-77(55-83(79)95(93(91)67-25-9-3-10-26-67)81-49-45-65-39-37-61-31-17-33-63-43-47-73(81)89(65)85(61)63)88(72-42-36-58-20-14-16-30-70(58)52-72)76-54-80-84(56-78(76)87(75)71-41-35-57-19-13-15-29-69(57)51-71)96(94(68-27-11-4-12-28-68)92(80)60-23-7-2-8-24-60)82-50-46-66-40-38-62-32-18-34-64-44-48-74(82)90(66)86(62)64/h1-56H. The molecule has 0 aliphatic heterocycles. The molecule has 0 saturated carbocycles. The van der Waals surface area contributed by atoms with Gasteiger partial charge in [0, 0.05) is 32.7 Å². The third-order valence-electron chi connectivity index (χ3n) is 21.1. The summed E-state index contributed by atoms with van der Waals surface area (Å²) in [7, 11) is 0. The van der Waals surface area contributed by atoms with Crippen LogP contribution >= 0.6 is 0 Å². The topological polar surface area (TPSA) is 9.86 Å².